The minimum absolute atomic E-state index is 0.0789. The van der Waals surface area contributed by atoms with Crippen molar-refractivity contribution in [3.63, 3.8) is 0 Å². The van der Waals surface area contributed by atoms with Gasteiger partial charge in [-0.15, -0.1) is 0 Å². The quantitative estimate of drug-likeness (QED) is 0.0162. The Balaban J connectivity index is 2.52. The molecule has 0 radical (unpaired) electrons. The van der Waals surface area contributed by atoms with Crippen molar-refractivity contribution < 1.29 is 63.1 Å². The lowest BCUT2D eigenvalue weighted by Crippen LogP contribution is -2.64. The highest BCUT2D eigenvalue weighted by atomic mass is 31.2. The molecule has 14 heteroatoms. The first-order chi connectivity index (χ1) is 26.9. The Morgan fingerprint density at radius 2 is 0.982 bits per heavy atom. The fraction of sp³-hybridized carbons (Fsp3) is 0.810. The lowest BCUT2D eigenvalue weighted by atomic mass is 9.85. The van der Waals surface area contributed by atoms with Gasteiger partial charge in [0.15, 0.2) is 6.10 Å². The first-order valence-electron chi connectivity index (χ1n) is 21.3. The molecule has 13 nitrogen and oxygen atoms in total. The fourth-order valence-electron chi connectivity index (χ4n) is 6.18. The number of carbonyl (C=O) groups excluding carboxylic acids is 2. The minimum atomic E-state index is -5.12. The third-order valence-electron chi connectivity index (χ3n) is 9.70. The molecule has 0 aromatic heterocycles. The van der Waals surface area contributed by atoms with Crippen LogP contribution < -0.4 is 0 Å². The second-order valence-electron chi connectivity index (χ2n) is 14.8. The largest absolute Gasteiger partial charge is 0.472 e. The Morgan fingerprint density at radius 1 is 0.554 bits per heavy atom. The molecule has 1 aliphatic carbocycles. The summed E-state index contributed by atoms with van der Waals surface area (Å²) < 4.78 is 33.4. The monoisotopic (exact) mass is 818 g/mol. The number of unbranched alkanes of at least 4 members (excludes halogenated alkanes) is 16. The molecule has 1 saturated carbocycles. The van der Waals surface area contributed by atoms with Gasteiger partial charge >= 0.3 is 19.8 Å². The van der Waals surface area contributed by atoms with Crippen LogP contribution in [0.15, 0.2) is 36.5 Å². The molecule has 0 saturated heterocycles. The van der Waals surface area contributed by atoms with Gasteiger partial charge in [0.1, 0.15) is 43.2 Å². The van der Waals surface area contributed by atoms with Crippen molar-refractivity contribution in [1.29, 1.82) is 0 Å². The van der Waals surface area contributed by atoms with Crippen molar-refractivity contribution in [3.05, 3.63) is 36.5 Å². The van der Waals surface area contributed by atoms with Crippen LogP contribution in [-0.2, 0) is 32.7 Å². The molecular formula is C42H75O13P. The molecule has 326 valence electrons. The van der Waals surface area contributed by atoms with Crippen LogP contribution in [0.3, 0.4) is 0 Å². The second-order valence-corrected chi connectivity index (χ2v) is 16.2. The Kier molecular flexibility index (Phi) is 30.7. The fourth-order valence-corrected chi connectivity index (χ4v) is 7.15. The van der Waals surface area contributed by atoms with Crippen LogP contribution in [0.25, 0.3) is 0 Å². The third kappa shape index (κ3) is 25.4. The average Bonchev–Trinajstić information content (AvgIpc) is 3.18. The van der Waals surface area contributed by atoms with E-state index in [-0.39, 0.29) is 12.8 Å². The van der Waals surface area contributed by atoms with Crippen molar-refractivity contribution in [1.82, 2.24) is 0 Å². The Hall–Kier alpha value is -1.93. The standard InChI is InChI=1S/C42H75O13P/c1-3-5-7-9-11-13-15-16-17-18-19-21-23-25-27-29-31-36(44)54-34(32-52-35(43)30-28-26-24-22-20-14-12-10-8-6-4-2)33-53-56(50,51)55-42-40(48)38(46)37(45)39(47)41(42)49/h10,12-13,15,17-18,34,37-42,45-49H,3-9,11,14,16,19-33H2,1-2H3,(H,50,51)/b12-10-,15-13-,18-17-. The molecule has 1 rings (SSSR count). The number of phosphoric acid groups is 1. The molecule has 0 aromatic carbocycles. The summed E-state index contributed by atoms with van der Waals surface area (Å²) in [6, 6.07) is 0. The van der Waals surface area contributed by atoms with Crippen LogP contribution in [0.4, 0.5) is 0 Å². The highest BCUT2D eigenvalue weighted by Crippen LogP contribution is 2.47. The summed E-state index contributed by atoms with van der Waals surface area (Å²) in [5, 5.41) is 50.0. The molecule has 0 heterocycles. The summed E-state index contributed by atoms with van der Waals surface area (Å²) in [5.41, 5.74) is 0. The van der Waals surface area contributed by atoms with Gasteiger partial charge in [-0.05, 0) is 64.2 Å². The molecule has 56 heavy (non-hydrogen) atoms. The number of rotatable bonds is 34. The predicted molar refractivity (Wildman–Crippen MR) is 216 cm³/mol. The molecule has 6 N–H and O–H groups in total. The van der Waals surface area contributed by atoms with Crippen molar-refractivity contribution in [2.24, 2.45) is 0 Å². The number of allylic oxidation sites excluding steroid dienone is 6. The zero-order valence-corrected chi connectivity index (χ0v) is 35.1. The van der Waals surface area contributed by atoms with Crippen LogP contribution in [0.1, 0.15) is 162 Å². The number of ether oxygens (including phenoxy) is 2. The number of esters is 2. The van der Waals surface area contributed by atoms with Gasteiger partial charge in [0, 0.05) is 12.8 Å². The van der Waals surface area contributed by atoms with Gasteiger partial charge < -0.3 is 39.9 Å². The van der Waals surface area contributed by atoms with E-state index in [4.69, 9.17) is 18.5 Å². The molecular weight excluding hydrogens is 743 g/mol. The molecule has 1 aliphatic rings. The molecule has 0 spiro atoms. The molecule has 0 amide bonds. The highest BCUT2D eigenvalue weighted by Gasteiger charge is 2.51. The van der Waals surface area contributed by atoms with Crippen molar-refractivity contribution in [2.45, 2.75) is 204 Å². The number of carbonyl (C=O) groups is 2. The summed E-state index contributed by atoms with van der Waals surface area (Å²) in [6.07, 6.45) is 22.1. The Labute approximate surface area is 336 Å². The maximum atomic E-state index is 12.8. The van der Waals surface area contributed by atoms with Crippen molar-refractivity contribution in [2.75, 3.05) is 13.2 Å². The Morgan fingerprint density at radius 3 is 1.52 bits per heavy atom. The van der Waals surface area contributed by atoms with E-state index >= 15 is 0 Å². The van der Waals surface area contributed by atoms with Gasteiger partial charge in [-0.25, -0.2) is 4.57 Å². The van der Waals surface area contributed by atoms with E-state index in [1.807, 2.05) is 0 Å². The zero-order valence-electron chi connectivity index (χ0n) is 34.2. The SMILES string of the molecule is CCCC/C=C\CCCCCCCC(=O)OCC(COP(=O)(O)OC1C(O)C(O)C(O)C(O)C1O)OC(=O)CCCCCCC/C=C\C/C=C\CCCCCC. The molecule has 0 aliphatic heterocycles. The lowest BCUT2D eigenvalue weighted by molar-refractivity contribution is -0.220. The van der Waals surface area contributed by atoms with Gasteiger partial charge in [-0.1, -0.05) is 121 Å². The van der Waals surface area contributed by atoms with E-state index in [2.05, 4.69) is 50.3 Å². The van der Waals surface area contributed by atoms with Crippen LogP contribution >= 0.6 is 7.82 Å². The van der Waals surface area contributed by atoms with Crippen LogP contribution in [0, 0.1) is 0 Å². The predicted octanol–water partition coefficient (Wildman–Crippen LogP) is 7.44. The van der Waals surface area contributed by atoms with E-state index in [0.29, 0.717) is 12.8 Å². The van der Waals surface area contributed by atoms with E-state index in [1.54, 1.807) is 0 Å². The molecule has 6 unspecified atom stereocenters. The molecule has 1 fully saturated rings. The van der Waals surface area contributed by atoms with Crippen LogP contribution in [0.5, 0.6) is 0 Å². The zero-order chi connectivity index (χ0) is 41.4. The number of phosphoric ester groups is 1. The van der Waals surface area contributed by atoms with Gasteiger partial charge in [-0.2, -0.15) is 0 Å². The third-order valence-corrected chi connectivity index (χ3v) is 10.7. The second kappa shape index (κ2) is 33.0. The molecule has 0 aromatic rings. The maximum absolute atomic E-state index is 12.8. The van der Waals surface area contributed by atoms with E-state index < -0.39 is 75.7 Å². The van der Waals surface area contributed by atoms with Crippen LogP contribution in [0.2, 0.25) is 0 Å². The van der Waals surface area contributed by atoms with Crippen molar-refractivity contribution in [3.8, 4) is 0 Å². The molecule has 6 atom stereocenters. The first-order valence-corrected chi connectivity index (χ1v) is 22.8. The number of hydrogen-bond donors (Lipinski definition) is 6. The minimum Gasteiger partial charge on any atom is -0.462 e. The van der Waals surface area contributed by atoms with Crippen molar-refractivity contribution >= 4 is 19.8 Å². The molecule has 0 bridgehead atoms. The normalized spacial score (nSPS) is 23.2. The summed E-state index contributed by atoms with van der Waals surface area (Å²) in [4.78, 5) is 35.5. The summed E-state index contributed by atoms with van der Waals surface area (Å²) in [7, 11) is -5.12. The number of aliphatic hydroxyl groups excluding tert-OH is 5. The van der Waals surface area contributed by atoms with Gasteiger partial charge in [-0.3, -0.25) is 18.6 Å². The highest BCUT2D eigenvalue weighted by molar-refractivity contribution is 7.47. The summed E-state index contributed by atoms with van der Waals surface area (Å²) in [5.74, 6) is -1.13. The summed E-state index contributed by atoms with van der Waals surface area (Å²) >= 11 is 0. The van der Waals surface area contributed by atoms with E-state index in [0.717, 1.165) is 83.5 Å². The van der Waals surface area contributed by atoms with Crippen LogP contribution in [-0.4, -0.2) is 98.3 Å². The average molecular weight is 819 g/mol. The van der Waals surface area contributed by atoms with Gasteiger partial charge in [0.05, 0.1) is 6.61 Å². The first kappa shape index (κ1) is 52.1. The van der Waals surface area contributed by atoms with Gasteiger partial charge in [0.25, 0.3) is 0 Å². The Bertz CT molecular complexity index is 1130. The lowest BCUT2D eigenvalue weighted by Gasteiger charge is -2.41. The summed E-state index contributed by atoms with van der Waals surface area (Å²) in [6.45, 7) is 3.20. The number of aliphatic hydroxyl groups is 5. The topological polar surface area (TPSA) is 210 Å². The van der Waals surface area contributed by atoms with E-state index in [1.165, 1.54) is 38.5 Å². The smallest absolute Gasteiger partial charge is 0.462 e. The maximum Gasteiger partial charge on any atom is 0.472 e. The van der Waals surface area contributed by atoms with Gasteiger partial charge in [0.2, 0.25) is 0 Å². The number of hydrogen-bond acceptors (Lipinski definition) is 12. The van der Waals surface area contributed by atoms with E-state index in [9.17, 15) is 44.6 Å².